The molecule has 0 unspecified atom stereocenters. The summed E-state index contributed by atoms with van der Waals surface area (Å²) >= 11 is 0. The van der Waals surface area contributed by atoms with Crippen molar-refractivity contribution in [2.75, 3.05) is 0 Å². The van der Waals surface area contributed by atoms with Crippen molar-refractivity contribution < 1.29 is 4.42 Å². The van der Waals surface area contributed by atoms with Gasteiger partial charge in [-0.3, -0.25) is 0 Å². The number of nitrogens with zero attached hydrogens (tertiary/aromatic N) is 2. The SMILES string of the molecule is c1nncc2cocc12. The third kappa shape index (κ3) is 0.579. The number of fused-ring (bicyclic) bond motifs is 1. The number of hydrogen-bond donors (Lipinski definition) is 0. The summed E-state index contributed by atoms with van der Waals surface area (Å²) in [6, 6.07) is 0. The van der Waals surface area contributed by atoms with Crippen LogP contribution in [0.25, 0.3) is 10.8 Å². The smallest absolute Gasteiger partial charge is 0.0998 e. The highest BCUT2D eigenvalue weighted by atomic mass is 16.3. The average molecular weight is 120 g/mol. The van der Waals surface area contributed by atoms with Crippen molar-refractivity contribution in [2.24, 2.45) is 0 Å². The Balaban J connectivity index is 2.95. The van der Waals surface area contributed by atoms with Gasteiger partial charge in [0.2, 0.25) is 0 Å². The van der Waals surface area contributed by atoms with Crippen LogP contribution in [-0.4, -0.2) is 10.2 Å². The Morgan fingerprint density at radius 1 is 1.00 bits per heavy atom. The summed E-state index contributed by atoms with van der Waals surface area (Å²) in [5.41, 5.74) is 0. The molecule has 0 spiro atoms. The Bertz CT molecular complexity index is 285. The maximum Gasteiger partial charge on any atom is 0.0998 e. The molecule has 2 rings (SSSR count). The Morgan fingerprint density at radius 3 is 2.11 bits per heavy atom. The topological polar surface area (TPSA) is 38.9 Å². The lowest BCUT2D eigenvalue weighted by Gasteiger charge is -1.78. The molecule has 0 bridgehead atoms. The second kappa shape index (κ2) is 1.55. The van der Waals surface area contributed by atoms with Gasteiger partial charge in [-0.25, -0.2) is 0 Å². The Kier molecular flexibility index (Phi) is 0.773. The first-order chi connectivity index (χ1) is 4.47. The van der Waals surface area contributed by atoms with E-state index in [1.54, 1.807) is 24.9 Å². The molecule has 2 aromatic rings. The number of rotatable bonds is 0. The summed E-state index contributed by atoms with van der Waals surface area (Å²) in [6.45, 7) is 0. The van der Waals surface area contributed by atoms with E-state index >= 15 is 0 Å². The van der Waals surface area contributed by atoms with E-state index in [9.17, 15) is 0 Å². The molecule has 0 fully saturated rings. The molecule has 0 aliphatic heterocycles. The minimum absolute atomic E-state index is 0.991. The molecule has 0 amide bonds. The molecule has 44 valence electrons. The summed E-state index contributed by atoms with van der Waals surface area (Å²) in [7, 11) is 0. The van der Waals surface area contributed by atoms with Gasteiger partial charge >= 0.3 is 0 Å². The summed E-state index contributed by atoms with van der Waals surface area (Å²) in [5.74, 6) is 0. The van der Waals surface area contributed by atoms with E-state index in [0.717, 1.165) is 10.8 Å². The lowest BCUT2D eigenvalue weighted by Crippen LogP contribution is -1.73. The molecular weight excluding hydrogens is 116 g/mol. The van der Waals surface area contributed by atoms with Crippen LogP contribution in [-0.2, 0) is 0 Å². The van der Waals surface area contributed by atoms with Gasteiger partial charge in [-0.15, -0.1) is 0 Å². The lowest BCUT2D eigenvalue weighted by molar-refractivity contribution is 0.572. The fourth-order valence-electron chi connectivity index (χ4n) is 0.718. The van der Waals surface area contributed by atoms with Crippen molar-refractivity contribution >= 4 is 10.8 Å². The fraction of sp³-hybridized carbons (Fsp3) is 0. The predicted molar refractivity (Wildman–Crippen MR) is 31.8 cm³/mol. The molecule has 2 heterocycles. The molecule has 0 aliphatic rings. The highest BCUT2D eigenvalue weighted by Crippen LogP contribution is 2.09. The molecule has 3 nitrogen and oxygen atoms in total. The van der Waals surface area contributed by atoms with Crippen LogP contribution in [0.4, 0.5) is 0 Å². The molecule has 0 aromatic carbocycles. The minimum Gasteiger partial charge on any atom is -0.471 e. The van der Waals surface area contributed by atoms with Gasteiger partial charge in [0.05, 0.1) is 24.9 Å². The normalized spacial score (nSPS) is 10.2. The van der Waals surface area contributed by atoms with Crippen molar-refractivity contribution in [3.05, 3.63) is 24.9 Å². The molecule has 9 heavy (non-hydrogen) atoms. The molecule has 0 saturated heterocycles. The van der Waals surface area contributed by atoms with E-state index in [0.29, 0.717) is 0 Å². The standard InChI is InChI=1S/C6H4N2O/c1-5-3-9-4-6(5)2-8-7-1/h1-4H. The number of hydrogen-bond acceptors (Lipinski definition) is 3. The van der Waals surface area contributed by atoms with Gasteiger partial charge in [0.15, 0.2) is 0 Å². The molecule has 3 heteroatoms. The molecule has 2 aromatic heterocycles. The van der Waals surface area contributed by atoms with E-state index in [-0.39, 0.29) is 0 Å². The maximum atomic E-state index is 4.88. The van der Waals surface area contributed by atoms with Crippen LogP contribution in [0.5, 0.6) is 0 Å². The predicted octanol–water partition coefficient (Wildman–Crippen LogP) is 1.22. The first-order valence-corrected chi connectivity index (χ1v) is 2.59. The monoisotopic (exact) mass is 120 g/mol. The van der Waals surface area contributed by atoms with E-state index in [1.165, 1.54) is 0 Å². The minimum atomic E-state index is 0.991. The van der Waals surface area contributed by atoms with Crippen molar-refractivity contribution in [3.63, 3.8) is 0 Å². The Labute approximate surface area is 51.3 Å². The van der Waals surface area contributed by atoms with E-state index < -0.39 is 0 Å². The summed E-state index contributed by atoms with van der Waals surface area (Å²) in [4.78, 5) is 0. The third-order valence-corrected chi connectivity index (χ3v) is 1.18. The van der Waals surface area contributed by atoms with E-state index in [1.807, 2.05) is 0 Å². The third-order valence-electron chi connectivity index (χ3n) is 1.18. The van der Waals surface area contributed by atoms with Crippen molar-refractivity contribution in [3.8, 4) is 0 Å². The van der Waals surface area contributed by atoms with Crippen LogP contribution in [0.3, 0.4) is 0 Å². The van der Waals surface area contributed by atoms with Gasteiger partial charge in [0, 0.05) is 10.8 Å². The second-order valence-corrected chi connectivity index (χ2v) is 1.77. The van der Waals surface area contributed by atoms with Crippen molar-refractivity contribution in [1.29, 1.82) is 0 Å². The molecule has 0 N–H and O–H groups in total. The Morgan fingerprint density at radius 2 is 1.56 bits per heavy atom. The molecule has 0 aliphatic carbocycles. The quantitative estimate of drug-likeness (QED) is 0.524. The largest absolute Gasteiger partial charge is 0.471 e. The van der Waals surface area contributed by atoms with Crippen LogP contribution in [0.2, 0.25) is 0 Å². The zero-order chi connectivity index (χ0) is 6.10. The Hall–Kier alpha value is -1.38. The highest BCUT2D eigenvalue weighted by molar-refractivity contribution is 5.78. The van der Waals surface area contributed by atoms with E-state index in [4.69, 9.17) is 4.42 Å². The molecule has 0 atom stereocenters. The van der Waals surface area contributed by atoms with E-state index in [2.05, 4.69) is 10.2 Å². The van der Waals surface area contributed by atoms with Gasteiger partial charge in [0.1, 0.15) is 0 Å². The van der Waals surface area contributed by atoms with Gasteiger partial charge < -0.3 is 4.42 Å². The van der Waals surface area contributed by atoms with Crippen LogP contribution < -0.4 is 0 Å². The maximum absolute atomic E-state index is 4.88. The first-order valence-electron chi connectivity index (χ1n) is 2.59. The molecular formula is C6H4N2O. The lowest BCUT2D eigenvalue weighted by atomic mass is 10.3. The second-order valence-electron chi connectivity index (χ2n) is 1.77. The number of furan rings is 1. The summed E-state index contributed by atoms with van der Waals surface area (Å²) in [6.07, 6.45) is 6.62. The van der Waals surface area contributed by atoms with Gasteiger partial charge in [-0.2, -0.15) is 10.2 Å². The van der Waals surface area contributed by atoms with Crippen molar-refractivity contribution in [1.82, 2.24) is 10.2 Å². The van der Waals surface area contributed by atoms with Crippen LogP contribution in [0.1, 0.15) is 0 Å². The van der Waals surface area contributed by atoms with Crippen molar-refractivity contribution in [2.45, 2.75) is 0 Å². The highest BCUT2D eigenvalue weighted by Gasteiger charge is 1.91. The summed E-state index contributed by atoms with van der Waals surface area (Å²) in [5, 5.41) is 9.33. The fourth-order valence-corrected chi connectivity index (χ4v) is 0.718. The zero-order valence-corrected chi connectivity index (χ0v) is 4.61. The van der Waals surface area contributed by atoms with Crippen LogP contribution >= 0.6 is 0 Å². The molecule has 0 saturated carbocycles. The molecule has 0 radical (unpaired) electrons. The average Bonchev–Trinajstić information content (AvgIpc) is 2.33. The summed E-state index contributed by atoms with van der Waals surface area (Å²) < 4.78 is 4.88. The zero-order valence-electron chi connectivity index (χ0n) is 4.61. The van der Waals surface area contributed by atoms with Gasteiger partial charge in [0.25, 0.3) is 0 Å². The van der Waals surface area contributed by atoms with Crippen LogP contribution in [0, 0.1) is 0 Å². The first kappa shape index (κ1) is 4.49. The van der Waals surface area contributed by atoms with Gasteiger partial charge in [-0.1, -0.05) is 0 Å². The number of aromatic nitrogens is 2. The van der Waals surface area contributed by atoms with Gasteiger partial charge in [-0.05, 0) is 0 Å². The van der Waals surface area contributed by atoms with Crippen LogP contribution in [0.15, 0.2) is 29.3 Å².